The van der Waals surface area contributed by atoms with Crippen LogP contribution in [0.25, 0.3) is 0 Å². The zero-order valence-corrected chi connectivity index (χ0v) is 45.4. The Balaban J connectivity index is 1.56. The number of amides is 6. The average molecular weight is 1070 g/mol. The summed E-state index contributed by atoms with van der Waals surface area (Å²) in [6.07, 6.45) is 0.603. The number of aliphatic imine (C=N–C) groups is 1. The third-order valence-electron chi connectivity index (χ3n) is 12.1. The molecule has 0 unspecified atom stereocenters. The summed E-state index contributed by atoms with van der Waals surface area (Å²) >= 11 is 0. The van der Waals surface area contributed by atoms with Gasteiger partial charge in [0.05, 0.1) is 44.3 Å². The Morgan fingerprint density at radius 2 is 1.41 bits per heavy atom. The van der Waals surface area contributed by atoms with Gasteiger partial charge >= 0.3 is 5.97 Å². The number of ether oxygens (including phenoxy) is 4. The molecule has 0 bridgehead atoms. The van der Waals surface area contributed by atoms with Gasteiger partial charge in [0.15, 0.2) is 0 Å². The number of carbonyl (C=O) groups is 7. The van der Waals surface area contributed by atoms with Crippen LogP contribution >= 0.6 is 0 Å². The number of nitrogens with one attached hydrogen (secondary N) is 7. The van der Waals surface area contributed by atoms with E-state index in [1.807, 2.05) is 13.8 Å². The molecule has 416 valence electrons. The lowest BCUT2D eigenvalue weighted by molar-refractivity contribution is -0.156. The largest absolute Gasteiger partial charge is 0.487 e. The van der Waals surface area contributed by atoms with Crippen molar-refractivity contribution in [3.63, 3.8) is 0 Å². The van der Waals surface area contributed by atoms with Crippen LogP contribution < -0.4 is 52.8 Å². The van der Waals surface area contributed by atoms with Crippen LogP contribution in [0.1, 0.15) is 107 Å². The molecule has 0 radical (unpaired) electrons. The van der Waals surface area contributed by atoms with E-state index >= 15 is 0 Å². The fourth-order valence-corrected chi connectivity index (χ4v) is 9.96. The van der Waals surface area contributed by atoms with Crippen LogP contribution in [-0.2, 0) is 70.6 Å². The second kappa shape index (κ2) is 28.5. The molecule has 11 N–H and O–H groups in total. The molecule has 23 nitrogen and oxygen atoms in total. The number of sulfonamides is 1. The highest BCUT2D eigenvalue weighted by atomic mass is 32.2. The van der Waals surface area contributed by atoms with Crippen LogP contribution in [-0.4, -0.2) is 144 Å². The molecular weight excluding hydrogens is 993 g/mol. The van der Waals surface area contributed by atoms with Gasteiger partial charge in [0, 0.05) is 44.5 Å². The van der Waals surface area contributed by atoms with Gasteiger partial charge in [-0.25, -0.2) is 13.1 Å². The van der Waals surface area contributed by atoms with Crippen molar-refractivity contribution in [3.8, 4) is 5.75 Å². The Morgan fingerprint density at radius 1 is 0.800 bits per heavy atom. The first-order valence-electron chi connectivity index (χ1n) is 25.3. The smallest absolute Gasteiger partial charge is 0.308 e. The molecule has 75 heavy (non-hydrogen) atoms. The maximum atomic E-state index is 14.3. The van der Waals surface area contributed by atoms with Crippen LogP contribution in [0.3, 0.4) is 0 Å². The lowest BCUT2D eigenvalue weighted by Crippen LogP contribution is -2.58. The summed E-state index contributed by atoms with van der Waals surface area (Å²) in [7, 11) is -4.23. The van der Waals surface area contributed by atoms with Crippen LogP contribution in [0.4, 0.5) is 0 Å². The van der Waals surface area contributed by atoms with E-state index in [4.69, 9.17) is 30.4 Å². The molecule has 1 saturated heterocycles. The van der Waals surface area contributed by atoms with Gasteiger partial charge in [-0.15, -0.1) is 0 Å². The SMILES string of the molecule is Cc1c(C)c(S(=O)(=O)NC(N)=NCCC[C@@H]2NC(=O)[C@H](CCCCNC(=O)CCOCCOCCN)NC(=O)[C@@H](Cc3ccccc3)NC(=O)[C@H](CC(=O)OC(C)(C)C)NC(=O)CNC2=O)c(C)c2c1OC(C)(C)C2. The zero-order chi connectivity index (χ0) is 55.5. The number of hydrogen-bond donors (Lipinski definition) is 9. The molecule has 2 aromatic rings. The van der Waals surface area contributed by atoms with E-state index in [1.54, 1.807) is 71.9 Å². The summed E-state index contributed by atoms with van der Waals surface area (Å²) in [5, 5.41) is 15.9. The Morgan fingerprint density at radius 3 is 2.08 bits per heavy atom. The van der Waals surface area contributed by atoms with E-state index in [9.17, 15) is 42.0 Å². The fourth-order valence-electron chi connectivity index (χ4n) is 8.43. The highest BCUT2D eigenvalue weighted by Gasteiger charge is 2.38. The molecule has 0 aromatic heterocycles. The summed E-state index contributed by atoms with van der Waals surface area (Å²) < 4.78 is 52.3. The summed E-state index contributed by atoms with van der Waals surface area (Å²) in [5.74, 6) is -4.97. The molecule has 4 rings (SSSR count). The monoisotopic (exact) mass is 1070 g/mol. The van der Waals surface area contributed by atoms with E-state index in [-0.39, 0.29) is 62.6 Å². The second-order valence-electron chi connectivity index (χ2n) is 20.2. The molecule has 2 aliphatic heterocycles. The van der Waals surface area contributed by atoms with Gasteiger partial charge in [-0.2, -0.15) is 0 Å². The van der Waals surface area contributed by atoms with Crippen molar-refractivity contribution in [2.24, 2.45) is 16.5 Å². The van der Waals surface area contributed by atoms with Gasteiger partial charge in [0.2, 0.25) is 41.4 Å². The third-order valence-corrected chi connectivity index (χ3v) is 13.8. The van der Waals surface area contributed by atoms with Gasteiger partial charge in [-0.05, 0) is 110 Å². The molecule has 0 aliphatic carbocycles. The van der Waals surface area contributed by atoms with Crippen molar-refractivity contribution < 1.29 is 60.9 Å². The maximum Gasteiger partial charge on any atom is 0.308 e. The van der Waals surface area contributed by atoms with E-state index in [0.717, 1.165) is 5.56 Å². The van der Waals surface area contributed by atoms with Gasteiger partial charge in [-0.3, -0.25) is 38.6 Å². The summed E-state index contributed by atoms with van der Waals surface area (Å²) in [6.45, 7) is 15.0. The molecule has 2 aromatic carbocycles. The summed E-state index contributed by atoms with van der Waals surface area (Å²) in [5.41, 5.74) is 13.2. The molecule has 1 fully saturated rings. The molecule has 2 heterocycles. The van der Waals surface area contributed by atoms with Crippen LogP contribution in [0.15, 0.2) is 40.2 Å². The van der Waals surface area contributed by atoms with E-state index in [0.29, 0.717) is 73.6 Å². The van der Waals surface area contributed by atoms with Gasteiger partial charge in [-0.1, -0.05) is 30.3 Å². The molecule has 0 saturated carbocycles. The lowest BCUT2D eigenvalue weighted by Gasteiger charge is -2.26. The van der Waals surface area contributed by atoms with Crippen LogP contribution in [0, 0.1) is 20.8 Å². The molecule has 0 spiro atoms. The van der Waals surface area contributed by atoms with Crippen molar-refractivity contribution in [2.75, 3.05) is 52.6 Å². The molecule has 4 atom stereocenters. The van der Waals surface area contributed by atoms with E-state index < -0.39 is 99.8 Å². The standard InChI is InChI=1S/C51H78N10O13S/c1-31-32(2)44(33(3)35-29-51(7,8)74-43(31)35)75(69,70)61-49(53)55-22-14-18-36-45(65)56-30-41(63)57-39(28-42(64)73-50(4,5)6)48(68)60-38(27-34-15-10-9-11-16-34)47(67)59-37(46(66)58-36)17-12-13-21-54-40(62)19-23-71-25-26-72-24-20-52/h9-11,15-16,36-39H,12-14,17-30,52H2,1-8H3,(H,54,62)(H,56,65)(H,57,63)(H,58,66)(H,59,67)(H,60,68)(H3,53,55,61)/t36-,37-,38+,39-/m0/s1. The first kappa shape index (κ1) is 61.2. The van der Waals surface area contributed by atoms with Gasteiger partial charge in [0.1, 0.15) is 41.1 Å². The number of nitrogens with two attached hydrogens (primary N) is 2. The molecular formula is C51H78N10O13S. The number of carbonyl (C=O) groups excluding carboxylic acids is 7. The maximum absolute atomic E-state index is 14.3. The summed E-state index contributed by atoms with van der Waals surface area (Å²) in [4.78, 5) is 99.7. The lowest BCUT2D eigenvalue weighted by atomic mass is 9.94. The van der Waals surface area contributed by atoms with Crippen LogP contribution in [0.5, 0.6) is 5.75 Å². The highest BCUT2D eigenvalue weighted by Crippen LogP contribution is 2.43. The first-order valence-corrected chi connectivity index (χ1v) is 26.8. The topological polar surface area (TPSA) is 339 Å². The zero-order valence-electron chi connectivity index (χ0n) is 44.5. The Bertz CT molecular complexity index is 2480. The predicted molar refractivity (Wildman–Crippen MR) is 279 cm³/mol. The minimum absolute atomic E-state index is 0.0233. The Labute approximate surface area is 439 Å². The number of unbranched alkanes of at least 4 members (excludes halogenated alkanes) is 1. The number of rotatable bonds is 23. The van der Waals surface area contributed by atoms with Gasteiger partial charge < -0.3 is 62.3 Å². The van der Waals surface area contributed by atoms with Crippen molar-refractivity contribution >= 4 is 57.4 Å². The van der Waals surface area contributed by atoms with Gasteiger partial charge in [0.25, 0.3) is 10.0 Å². The molecule has 24 heteroatoms. The number of fused-ring (bicyclic) bond motifs is 1. The van der Waals surface area contributed by atoms with Crippen molar-refractivity contribution in [1.29, 1.82) is 0 Å². The first-order chi connectivity index (χ1) is 35.3. The average Bonchev–Trinajstić information content (AvgIpc) is 3.66. The normalized spacial score (nSPS) is 19.7. The van der Waals surface area contributed by atoms with Crippen molar-refractivity contribution in [3.05, 3.63) is 58.1 Å². The number of guanidine groups is 1. The number of nitrogens with zero attached hydrogens (tertiary/aromatic N) is 1. The highest BCUT2D eigenvalue weighted by molar-refractivity contribution is 7.90. The minimum atomic E-state index is -4.23. The Hall–Kier alpha value is -6.37. The van der Waals surface area contributed by atoms with Crippen LogP contribution in [0.2, 0.25) is 0 Å². The summed E-state index contributed by atoms with van der Waals surface area (Å²) in [6, 6.07) is 3.23. The van der Waals surface area contributed by atoms with Crippen molar-refractivity contribution in [2.45, 2.75) is 153 Å². The minimum Gasteiger partial charge on any atom is -0.487 e. The number of benzene rings is 2. The quantitative estimate of drug-likeness (QED) is 0.0315. The Kier molecular flexibility index (Phi) is 23.3. The fraction of sp³-hybridized carbons (Fsp3) is 0.608. The third kappa shape index (κ3) is 20.0. The predicted octanol–water partition coefficient (Wildman–Crippen LogP) is 0.411. The second-order valence-corrected chi connectivity index (χ2v) is 21.8. The molecule has 2 aliphatic rings. The van der Waals surface area contributed by atoms with E-state index in [1.165, 1.54) is 0 Å². The van der Waals surface area contributed by atoms with E-state index in [2.05, 4.69) is 41.6 Å². The molecule has 6 amide bonds. The number of hydrogen-bond acceptors (Lipinski definition) is 15. The van der Waals surface area contributed by atoms with Crippen molar-refractivity contribution in [1.82, 2.24) is 36.6 Å². The number of esters is 1.